The Bertz CT molecular complexity index is 381. The van der Waals surface area contributed by atoms with Gasteiger partial charge in [0.2, 0.25) is 5.91 Å². The summed E-state index contributed by atoms with van der Waals surface area (Å²) in [6.07, 6.45) is 0.263. The van der Waals surface area contributed by atoms with Gasteiger partial charge in [-0.25, -0.2) is 9.97 Å². The molecule has 1 heterocycles. The number of anilines is 1. The third-order valence-electron chi connectivity index (χ3n) is 1.91. The number of carbonyl (C=O) groups is 1. The van der Waals surface area contributed by atoms with Gasteiger partial charge in [0.1, 0.15) is 16.8 Å². The standard InChI is InChI=1S/C10H15ClN4O/c1-6(2)10-14-7(11)5-9(15-10)13-4-3-8(12)16/h5-6H,3-4H2,1-2H3,(H2,12,16)(H,13,14,15). The van der Waals surface area contributed by atoms with Crippen LogP contribution in [-0.4, -0.2) is 22.4 Å². The summed E-state index contributed by atoms with van der Waals surface area (Å²) in [5, 5.41) is 3.36. The molecule has 0 spiro atoms. The summed E-state index contributed by atoms with van der Waals surface area (Å²) in [6, 6.07) is 1.62. The van der Waals surface area contributed by atoms with Crippen molar-refractivity contribution in [1.82, 2.24) is 9.97 Å². The summed E-state index contributed by atoms with van der Waals surface area (Å²) >= 11 is 5.85. The number of halogens is 1. The molecule has 1 aromatic rings. The Hall–Kier alpha value is -1.36. The van der Waals surface area contributed by atoms with Crippen LogP contribution in [0.2, 0.25) is 5.15 Å². The van der Waals surface area contributed by atoms with Crippen LogP contribution >= 0.6 is 11.6 Å². The Morgan fingerprint density at radius 2 is 2.25 bits per heavy atom. The summed E-state index contributed by atoms with van der Waals surface area (Å²) in [5.74, 6) is 1.14. The number of hydrogen-bond donors (Lipinski definition) is 2. The zero-order valence-corrected chi connectivity index (χ0v) is 10.1. The average Bonchev–Trinajstić information content (AvgIpc) is 2.16. The highest BCUT2D eigenvalue weighted by atomic mass is 35.5. The van der Waals surface area contributed by atoms with E-state index >= 15 is 0 Å². The van der Waals surface area contributed by atoms with Crippen molar-refractivity contribution < 1.29 is 4.79 Å². The van der Waals surface area contributed by atoms with Crippen molar-refractivity contribution in [3.05, 3.63) is 17.0 Å². The predicted octanol–water partition coefficient (Wildman–Crippen LogP) is 1.54. The van der Waals surface area contributed by atoms with E-state index in [0.717, 1.165) is 0 Å². The van der Waals surface area contributed by atoms with Crippen molar-refractivity contribution in [1.29, 1.82) is 0 Å². The highest BCUT2D eigenvalue weighted by Crippen LogP contribution is 2.16. The Kier molecular flexibility index (Phi) is 4.49. The Labute approximate surface area is 99.4 Å². The van der Waals surface area contributed by atoms with E-state index in [4.69, 9.17) is 17.3 Å². The first kappa shape index (κ1) is 12.7. The van der Waals surface area contributed by atoms with Gasteiger partial charge in [-0.05, 0) is 0 Å². The zero-order chi connectivity index (χ0) is 12.1. The number of nitrogens with zero attached hydrogens (tertiary/aromatic N) is 2. The summed E-state index contributed by atoms with van der Waals surface area (Å²) in [6.45, 7) is 4.41. The molecule has 0 aliphatic rings. The smallest absolute Gasteiger partial charge is 0.219 e. The van der Waals surface area contributed by atoms with Gasteiger partial charge >= 0.3 is 0 Å². The Morgan fingerprint density at radius 1 is 1.56 bits per heavy atom. The van der Waals surface area contributed by atoms with Crippen molar-refractivity contribution in [3.63, 3.8) is 0 Å². The van der Waals surface area contributed by atoms with Gasteiger partial charge in [-0.3, -0.25) is 4.79 Å². The number of amides is 1. The van der Waals surface area contributed by atoms with Crippen molar-refractivity contribution in [2.24, 2.45) is 5.73 Å². The van der Waals surface area contributed by atoms with Gasteiger partial charge in [-0.2, -0.15) is 0 Å². The first-order valence-electron chi connectivity index (χ1n) is 5.05. The Morgan fingerprint density at radius 3 is 2.81 bits per heavy atom. The van der Waals surface area contributed by atoms with Crippen molar-refractivity contribution in [2.75, 3.05) is 11.9 Å². The fraction of sp³-hybridized carbons (Fsp3) is 0.500. The largest absolute Gasteiger partial charge is 0.370 e. The second-order valence-corrected chi connectivity index (χ2v) is 4.12. The summed E-state index contributed by atoms with van der Waals surface area (Å²) in [5.41, 5.74) is 5.03. The predicted molar refractivity (Wildman–Crippen MR) is 63.4 cm³/mol. The molecule has 0 aliphatic heterocycles. The number of nitrogens with one attached hydrogen (secondary N) is 1. The molecule has 16 heavy (non-hydrogen) atoms. The molecule has 0 radical (unpaired) electrons. The van der Waals surface area contributed by atoms with Crippen LogP contribution in [0.15, 0.2) is 6.07 Å². The van der Waals surface area contributed by atoms with Crippen LogP contribution in [0, 0.1) is 0 Å². The molecule has 6 heteroatoms. The number of aromatic nitrogens is 2. The van der Waals surface area contributed by atoms with Crippen LogP contribution in [-0.2, 0) is 4.79 Å². The highest BCUT2D eigenvalue weighted by molar-refractivity contribution is 6.29. The minimum Gasteiger partial charge on any atom is -0.370 e. The molecule has 3 N–H and O–H groups in total. The number of hydrogen-bond acceptors (Lipinski definition) is 4. The van der Waals surface area contributed by atoms with E-state index in [2.05, 4.69) is 15.3 Å². The molecular formula is C10H15ClN4O. The van der Waals surface area contributed by atoms with Gasteiger partial charge in [0.05, 0.1) is 0 Å². The van der Waals surface area contributed by atoms with E-state index in [-0.39, 0.29) is 18.2 Å². The molecule has 1 amide bonds. The second kappa shape index (κ2) is 5.65. The van der Waals surface area contributed by atoms with E-state index in [0.29, 0.717) is 23.3 Å². The number of carbonyl (C=O) groups excluding carboxylic acids is 1. The lowest BCUT2D eigenvalue weighted by Crippen LogP contribution is -2.16. The molecule has 0 fully saturated rings. The van der Waals surface area contributed by atoms with Gasteiger partial charge in [0.25, 0.3) is 0 Å². The topological polar surface area (TPSA) is 80.9 Å². The minimum absolute atomic E-state index is 0.204. The molecule has 0 bridgehead atoms. The van der Waals surface area contributed by atoms with Crippen molar-refractivity contribution >= 4 is 23.3 Å². The number of rotatable bonds is 5. The van der Waals surface area contributed by atoms with Gasteiger partial charge in [0.15, 0.2) is 0 Å². The quantitative estimate of drug-likeness (QED) is 0.768. The monoisotopic (exact) mass is 242 g/mol. The zero-order valence-electron chi connectivity index (χ0n) is 9.33. The maximum atomic E-state index is 10.6. The first-order chi connectivity index (χ1) is 7.49. The lowest BCUT2D eigenvalue weighted by molar-refractivity contribution is -0.117. The molecule has 0 aliphatic carbocycles. The molecule has 0 atom stereocenters. The molecular weight excluding hydrogens is 228 g/mol. The molecule has 5 nitrogen and oxygen atoms in total. The van der Waals surface area contributed by atoms with Crippen LogP contribution in [0.1, 0.15) is 32.0 Å². The fourth-order valence-electron chi connectivity index (χ4n) is 1.10. The normalized spacial score (nSPS) is 10.5. The third-order valence-corrected chi connectivity index (χ3v) is 2.10. The van der Waals surface area contributed by atoms with Crippen molar-refractivity contribution in [2.45, 2.75) is 26.2 Å². The molecule has 0 unspecified atom stereocenters. The summed E-state index contributed by atoms with van der Waals surface area (Å²) in [7, 11) is 0. The van der Waals surface area contributed by atoms with Gasteiger partial charge < -0.3 is 11.1 Å². The average molecular weight is 243 g/mol. The van der Waals surface area contributed by atoms with E-state index in [1.165, 1.54) is 0 Å². The van der Waals surface area contributed by atoms with Crippen molar-refractivity contribution in [3.8, 4) is 0 Å². The van der Waals surface area contributed by atoms with Crippen LogP contribution in [0.3, 0.4) is 0 Å². The third kappa shape index (κ3) is 4.02. The molecule has 88 valence electrons. The van der Waals surface area contributed by atoms with Crippen LogP contribution < -0.4 is 11.1 Å². The second-order valence-electron chi connectivity index (χ2n) is 3.73. The highest BCUT2D eigenvalue weighted by Gasteiger charge is 2.06. The van der Waals surface area contributed by atoms with E-state index < -0.39 is 0 Å². The molecule has 1 aromatic heterocycles. The SMILES string of the molecule is CC(C)c1nc(Cl)cc(NCCC(N)=O)n1. The van der Waals surface area contributed by atoms with Gasteiger partial charge in [-0.15, -0.1) is 0 Å². The van der Waals surface area contributed by atoms with E-state index in [9.17, 15) is 4.79 Å². The molecule has 0 aromatic carbocycles. The van der Waals surface area contributed by atoms with E-state index in [1.54, 1.807) is 6.07 Å². The fourth-order valence-corrected chi connectivity index (χ4v) is 1.29. The van der Waals surface area contributed by atoms with E-state index in [1.807, 2.05) is 13.8 Å². The van der Waals surface area contributed by atoms with Gasteiger partial charge in [-0.1, -0.05) is 25.4 Å². The molecule has 0 saturated carbocycles. The molecule has 1 rings (SSSR count). The van der Waals surface area contributed by atoms with Crippen LogP contribution in [0.4, 0.5) is 5.82 Å². The number of nitrogens with two attached hydrogens (primary N) is 1. The summed E-state index contributed by atoms with van der Waals surface area (Å²) in [4.78, 5) is 18.9. The van der Waals surface area contributed by atoms with Crippen LogP contribution in [0.25, 0.3) is 0 Å². The molecule has 0 saturated heterocycles. The van der Waals surface area contributed by atoms with Crippen LogP contribution in [0.5, 0.6) is 0 Å². The number of primary amides is 1. The maximum Gasteiger partial charge on any atom is 0.219 e. The Balaban J connectivity index is 2.69. The first-order valence-corrected chi connectivity index (χ1v) is 5.43. The minimum atomic E-state index is -0.350. The summed E-state index contributed by atoms with van der Waals surface area (Å²) < 4.78 is 0. The maximum absolute atomic E-state index is 10.6. The van der Waals surface area contributed by atoms with Gasteiger partial charge in [0, 0.05) is 24.9 Å². The lowest BCUT2D eigenvalue weighted by atomic mass is 10.2. The lowest BCUT2D eigenvalue weighted by Gasteiger charge is -2.08.